The summed E-state index contributed by atoms with van der Waals surface area (Å²) in [5.41, 5.74) is 1.23. The normalized spacial score (nSPS) is 21.0. The lowest BCUT2D eigenvalue weighted by atomic mass is 10.2. The van der Waals surface area contributed by atoms with E-state index < -0.39 is 0 Å². The average Bonchev–Trinajstić information content (AvgIpc) is 2.84. The fourth-order valence-corrected chi connectivity index (χ4v) is 2.59. The van der Waals surface area contributed by atoms with E-state index >= 15 is 0 Å². The number of hydrogen-bond donors (Lipinski definition) is 2. The lowest BCUT2D eigenvalue weighted by molar-refractivity contribution is 0.536. The van der Waals surface area contributed by atoms with Crippen molar-refractivity contribution in [2.75, 3.05) is 19.6 Å². The molecule has 84 valence electrons. The van der Waals surface area contributed by atoms with Gasteiger partial charge in [-0.15, -0.1) is 11.3 Å². The Balaban J connectivity index is 1.58. The van der Waals surface area contributed by atoms with E-state index in [2.05, 4.69) is 27.9 Å². The van der Waals surface area contributed by atoms with Crippen LogP contribution in [0.4, 0.5) is 0 Å². The summed E-state index contributed by atoms with van der Waals surface area (Å²) in [7, 11) is 0. The van der Waals surface area contributed by atoms with Crippen molar-refractivity contribution in [3.63, 3.8) is 0 Å². The van der Waals surface area contributed by atoms with Crippen LogP contribution in [0.1, 0.15) is 23.5 Å². The van der Waals surface area contributed by atoms with Gasteiger partial charge in [0.15, 0.2) is 0 Å². The third kappa shape index (κ3) is 3.55. The summed E-state index contributed by atoms with van der Waals surface area (Å²) in [5.74, 6) is 0. The quantitative estimate of drug-likeness (QED) is 0.743. The van der Waals surface area contributed by atoms with E-state index in [0.29, 0.717) is 6.04 Å². The first-order valence-corrected chi connectivity index (χ1v) is 6.57. The highest BCUT2D eigenvalue weighted by Gasteiger charge is 2.12. The molecule has 0 bridgehead atoms. The highest BCUT2D eigenvalue weighted by molar-refractivity contribution is 7.09. The standard InChI is InChI=1S/C11H19N3S/c1-9-14-11(8-15-9)4-6-12-7-10-3-2-5-13-10/h8,10,12-13H,2-7H2,1H3. The topological polar surface area (TPSA) is 37.0 Å². The summed E-state index contributed by atoms with van der Waals surface area (Å²) in [6.45, 7) is 5.39. The third-order valence-corrected chi connectivity index (χ3v) is 3.60. The smallest absolute Gasteiger partial charge is 0.0897 e. The molecule has 4 heteroatoms. The van der Waals surface area contributed by atoms with Gasteiger partial charge in [-0.05, 0) is 26.3 Å². The molecule has 1 aromatic heterocycles. The van der Waals surface area contributed by atoms with Crippen LogP contribution in [0, 0.1) is 6.92 Å². The van der Waals surface area contributed by atoms with Gasteiger partial charge in [0.1, 0.15) is 0 Å². The Morgan fingerprint density at radius 3 is 3.27 bits per heavy atom. The van der Waals surface area contributed by atoms with Gasteiger partial charge in [0.2, 0.25) is 0 Å². The summed E-state index contributed by atoms with van der Waals surface area (Å²) in [6, 6.07) is 0.696. The first-order valence-electron chi connectivity index (χ1n) is 5.70. The third-order valence-electron chi connectivity index (χ3n) is 2.78. The molecule has 0 radical (unpaired) electrons. The minimum atomic E-state index is 0.696. The molecule has 1 aliphatic rings. The predicted octanol–water partition coefficient (Wildman–Crippen LogP) is 1.34. The van der Waals surface area contributed by atoms with Gasteiger partial charge in [-0.2, -0.15) is 0 Å². The lowest BCUT2D eigenvalue weighted by Gasteiger charge is -2.10. The fourth-order valence-electron chi connectivity index (χ4n) is 1.95. The molecule has 2 heterocycles. The molecular weight excluding hydrogens is 206 g/mol. The van der Waals surface area contributed by atoms with Crippen LogP contribution in [-0.2, 0) is 6.42 Å². The van der Waals surface area contributed by atoms with Crippen LogP contribution in [-0.4, -0.2) is 30.7 Å². The molecule has 0 saturated carbocycles. The van der Waals surface area contributed by atoms with Crippen molar-refractivity contribution in [1.82, 2.24) is 15.6 Å². The second-order valence-electron chi connectivity index (χ2n) is 4.11. The SMILES string of the molecule is Cc1nc(CCNCC2CCCN2)cs1. The number of hydrogen-bond acceptors (Lipinski definition) is 4. The zero-order valence-electron chi connectivity index (χ0n) is 9.25. The van der Waals surface area contributed by atoms with E-state index in [1.165, 1.54) is 30.1 Å². The van der Waals surface area contributed by atoms with Gasteiger partial charge in [0, 0.05) is 30.9 Å². The van der Waals surface area contributed by atoms with Crippen LogP contribution in [0.5, 0.6) is 0 Å². The van der Waals surface area contributed by atoms with Gasteiger partial charge in [-0.25, -0.2) is 4.98 Å². The second-order valence-corrected chi connectivity index (χ2v) is 5.17. The van der Waals surface area contributed by atoms with Crippen LogP contribution in [0.25, 0.3) is 0 Å². The zero-order valence-corrected chi connectivity index (χ0v) is 10.1. The van der Waals surface area contributed by atoms with Crippen LogP contribution in [0.2, 0.25) is 0 Å². The van der Waals surface area contributed by atoms with Crippen LogP contribution < -0.4 is 10.6 Å². The van der Waals surface area contributed by atoms with Crippen molar-refractivity contribution < 1.29 is 0 Å². The minimum Gasteiger partial charge on any atom is -0.315 e. The lowest BCUT2D eigenvalue weighted by Crippen LogP contribution is -2.34. The van der Waals surface area contributed by atoms with Gasteiger partial charge in [-0.1, -0.05) is 0 Å². The van der Waals surface area contributed by atoms with E-state index in [1.54, 1.807) is 11.3 Å². The van der Waals surface area contributed by atoms with E-state index in [9.17, 15) is 0 Å². The van der Waals surface area contributed by atoms with Gasteiger partial charge in [0.05, 0.1) is 10.7 Å². The van der Waals surface area contributed by atoms with Crippen molar-refractivity contribution in [3.8, 4) is 0 Å². The minimum absolute atomic E-state index is 0.696. The zero-order chi connectivity index (χ0) is 10.5. The molecule has 0 spiro atoms. The number of nitrogens with one attached hydrogen (secondary N) is 2. The number of aryl methyl sites for hydroxylation is 1. The summed E-state index contributed by atoms with van der Waals surface area (Å²) >= 11 is 1.74. The summed E-state index contributed by atoms with van der Waals surface area (Å²) in [6.07, 6.45) is 3.71. The van der Waals surface area contributed by atoms with Gasteiger partial charge >= 0.3 is 0 Å². The number of nitrogens with zero attached hydrogens (tertiary/aromatic N) is 1. The molecule has 1 unspecified atom stereocenters. The van der Waals surface area contributed by atoms with Crippen molar-refractivity contribution in [2.24, 2.45) is 0 Å². The summed E-state index contributed by atoms with van der Waals surface area (Å²) < 4.78 is 0. The predicted molar refractivity (Wildman–Crippen MR) is 64.4 cm³/mol. The van der Waals surface area contributed by atoms with Crippen LogP contribution in [0.15, 0.2) is 5.38 Å². The Kier molecular flexibility index (Phi) is 4.11. The number of aromatic nitrogens is 1. The molecule has 1 atom stereocenters. The molecule has 15 heavy (non-hydrogen) atoms. The highest BCUT2D eigenvalue weighted by Crippen LogP contribution is 2.08. The Hall–Kier alpha value is -0.450. The fraction of sp³-hybridized carbons (Fsp3) is 0.727. The first-order chi connectivity index (χ1) is 7.34. The molecule has 2 rings (SSSR count). The van der Waals surface area contributed by atoms with Crippen molar-refractivity contribution in [3.05, 3.63) is 16.1 Å². The molecule has 0 amide bonds. The maximum atomic E-state index is 4.44. The Labute approximate surface area is 95.3 Å². The summed E-state index contributed by atoms with van der Waals surface area (Å²) in [4.78, 5) is 4.44. The Bertz CT molecular complexity index is 292. The monoisotopic (exact) mass is 225 g/mol. The molecule has 0 aliphatic carbocycles. The largest absolute Gasteiger partial charge is 0.315 e. The van der Waals surface area contributed by atoms with Crippen molar-refractivity contribution in [2.45, 2.75) is 32.2 Å². The average molecular weight is 225 g/mol. The molecule has 0 aromatic carbocycles. The van der Waals surface area contributed by atoms with E-state index in [1.807, 2.05) is 0 Å². The number of rotatable bonds is 5. The van der Waals surface area contributed by atoms with Crippen LogP contribution >= 0.6 is 11.3 Å². The van der Waals surface area contributed by atoms with Crippen LogP contribution in [0.3, 0.4) is 0 Å². The molecule has 1 fully saturated rings. The maximum Gasteiger partial charge on any atom is 0.0897 e. The molecule has 1 aliphatic heterocycles. The maximum absolute atomic E-state index is 4.44. The van der Waals surface area contributed by atoms with Crippen molar-refractivity contribution in [1.29, 1.82) is 0 Å². The molecule has 3 nitrogen and oxygen atoms in total. The molecule has 2 N–H and O–H groups in total. The second kappa shape index (κ2) is 5.58. The highest BCUT2D eigenvalue weighted by atomic mass is 32.1. The van der Waals surface area contributed by atoms with Gasteiger partial charge < -0.3 is 10.6 Å². The van der Waals surface area contributed by atoms with Gasteiger partial charge in [-0.3, -0.25) is 0 Å². The Morgan fingerprint density at radius 2 is 2.60 bits per heavy atom. The molecule has 1 aromatic rings. The summed E-state index contributed by atoms with van der Waals surface area (Å²) in [5, 5.41) is 10.3. The van der Waals surface area contributed by atoms with Gasteiger partial charge in [0.25, 0.3) is 0 Å². The van der Waals surface area contributed by atoms with E-state index in [0.717, 1.165) is 19.5 Å². The van der Waals surface area contributed by atoms with Crippen molar-refractivity contribution >= 4 is 11.3 Å². The van der Waals surface area contributed by atoms with E-state index in [-0.39, 0.29) is 0 Å². The molecular formula is C11H19N3S. The molecule has 1 saturated heterocycles. The Morgan fingerprint density at radius 1 is 1.67 bits per heavy atom. The first kappa shape index (κ1) is 11.0. The number of thiazole rings is 1. The van der Waals surface area contributed by atoms with E-state index in [4.69, 9.17) is 0 Å².